The van der Waals surface area contributed by atoms with E-state index < -0.39 is 0 Å². The van der Waals surface area contributed by atoms with Crippen molar-refractivity contribution in [2.75, 3.05) is 6.61 Å². The minimum atomic E-state index is 0.662. The second-order valence-electron chi connectivity index (χ2n) is 4.49. The smallest absolute Gasteiger partial charge is 0.122 e. The van der Waals surface area contributed by atoms with Crippen LogP contribution >= 0.6 is 0 Å². The number of hydrogen-bond acceptors (Lipinski definition) is 1. The third-order valence-electron chi connectivity index (χ3n) is 3.14. The van der Waals surface area contributed by atoms with Gasteiger partial charge in [0.2, 0.25) is 0 Å². The van der Waals surface area contributed by atoms with E-state index in [1.54, 1.807) is 0 Å². The van der Waals surface area contributed by atoms with Crippen LogP contribution in [0.15, 0.2) is 24.4 Å². The van der Waals surface area contributed by atoms with Crippen LogP contribution in [-0.4, -0.2) is 11.2 Å². The number of hydrogen-bond donors (Lipinski definition) is 0. The maximum absolute atomic E-state index is 5.65. The average molecular weight is 231 g/mol. The number of para-hydroxylation sites is 1. The highest BCUT2D eigenvalue weighted by Crippen LogP contribution is 2.24. The maximum Gasteiger partial charge on any atom is 0.122 e. The van der Waals surface area contributed by atoms with Crippen molar-refractivity contribution in [3.63, 3.8) is 0 Å². The average Bonchev–Trinajstić information content (AvgIpc) is 2.69. The number of aromatic nitrogens is 1. The molecular weight excluding hydrogens is 210 g/mol. The molecule has 17 heavy (non-hydrogen) atoms. The molecule has 0 radical (unpaired) electrons. The summed E-state index contributed by atoms with van der Waals surface area (Å²) in [5, 5.41) is 1.37. The zero-order chi connectivity index (χ0) is 12.3. The number of fused-ring (bicyclic) bond motifs is 1. The van der Waals surface area contributed by atoms with Gasteiger partial charge in [-0.15, -0.1) is 0 Å². The Morgan fingerprint density at radius 2 is 2.06 bits per heavy atom. The van der Waals surface area contributed by atoms with Crippen LogP contribution in [0.3, 0.4) is 0 Å². The molecule has 0 saturated heterocycles. The molecule has 0 atom stereocenters. The minimum absolute atomic E-state index is 0.662. The lowest BCUT2D eigenvalue weighted by molar-refractivity contribution is 0.0803. The van der Waals surface area contributed by atoms with E-state index in [1.807, 2.05) is 0 Å². The molecule has 0 aliphatic rings. The summed E-state index contributed by atoms with van der Waals surface area (Å²) in [6.45, 7) is 7.99. The fraction of sp³-hybridized carbons (Fsp3) is 0.467. The van der Waals surface area contributed by atoms with E-state index in [1.165, 1.54) is 22.0 Å². The second-order valence-corrected chi connectivity index (χ2v) is 4.49. The molecule has 0 unspecified atom stereocenters. The Labute approximate surface area is 103 Å². The summed E-state index contributed by atoms with van der Waals surface area (Å²) in [6, 6.07) is 6.50. The van der Waals surface area contributed by atoms with Gasteiger partial charge in [0.25, 0.3) is 0 Å². The standard InChI is InChI=1S/C15H21NO/c1-4-9-17-11-16-10-13(5-2)14-8-6-7-12(3)15(14)16/h6-8,10H,4-5,9,11H2,1-3H3. The molecule has 0 bridgehead atoms. The van der Waals surface area contributed by atoms with E-state index in [-0.39, 0.29) is 0 Å². The Balaban J connectivity index is 2.40. The van der Waals surface area contributed by atoms with E-state index in [0.29, 0.717) is 6.73 Å². The number of benzene rings is 1. The molecule has 0 aliphatic carbocycles. The van der Waals surface area contributed by atoms with E-state index in [9.17, 15) is 0 Å². The predicted molar refractivity (Wildman–Crippen MR) is 72.3 cm³/mol. The number of rotatable bonds is 5. The lowest BCUT2D eigenvalue weighted by Gasteiger charge is -2.07. The van der Waals surface area contributed by atoms with Crippen LogP contribution in [-0.2, 0) is 17.9 Å². The molecule has 0 N–H and O–H groups in total. The zero-order valence-corrected chi connectivity index (χ0v) is 11.0. The fourth-order valence-corrected chi connectivity index (χ4v) is 2.31. The summed E-state index contributed by atoms with van der Waals surface area (Å²) in [5.41, 5.74) is 4.05. The summed E-state index contributed by atoms with van der Waals surface area (Å²) in [4.78, 5) is 0. The Morgan fingerprint density at radius 1 is 1.24 bits per heavy atom. The molecule has 0 amide bonds. The van der Waals surface area contributed by atoms with Crippen molar-refractivity contribution in [2.45, 2.75) is 40.3 Å². The molecular formula is C15H21NO. The van der Waals surface area contributed by atoms with Crippen molar-refractivity contribution in [2.24, 2.45) is 0 Å². The van der Waals surface area contributed by atoms with Gasteiger partial charge in [0.05, 0.1) is 5.52 Å². The van der Waals surface area contributed by atoms with Gasteiger partial charge in [0.1, 0.15) is 6.73 Å². The predicted octanol–water partition coefficient (Wildman–Crippen LogP) is 3.90. The summed E-state index contributed by atoms with van der Waals surface area (Å²) in [5.74, 6) is 0. The Kier molecular flexibility index (Phi) is 3.85. The van der Waals surface area contributed by atoms with Crippen molar-refractivity contribution >= 4 is 10.9 Å². The van der Waals surface area contributed by atoms with E-state index >= 15 is 0 Å². The highest BCUT2D eigenvalue weighted by molar-refractivity contribution is 5.86. The van der Waals surface area contributed by atoms with Crippen LogP contribution in [0, 0.1) is 6.92 Å². The van der Waals surface area contributed by atoms with E-state index in [2.05, 4.69) is 49.7 Å². The summed E-state index contributed by atoms with van der Waals surface area (Å²) < 4.78 is 7.89. The monoisotopic (exact) mass is 231 g/mol. The summed E-state index contributed by atoms with van der Waals surface area (Å²) in [7, 11) is 0. The van der Waals surface area contributed by atoms with Gasteiger partial charge in [-0.2, -0.15) is 0 Å². The van der Waals surface area contributed by atoms with E-state index in [4.69, 9.17) is 4.74 Å². The van der Waals surface area contributed by atoms with Gasteiger partial charge in [-0.1, -0.05) is 32.0 Å². The fourth-order valence-electron chi connectivity index (χ4n) is 2.31. The van der Waals surface area contributed by atoms with Gasteiger partial charge in [0, 0.05) is 18.2 Å². The molecule has 0 aliphatic heterocycles. The zero-order valence-electron chi connectivity index (χ0n) is 11.0. The van der Waals surface area contributed by atoms with Crippen LogP contribution in [0.25, 0.3) is 10.9 Å². The first-order chi connectivity index (χ1) is 8.27. The molecule has 2 rings (SSSR count). The Bertz CT molecular complexity index is 499. The molecule has 1 aromatic heterocycles. The molecule has 0 spiro atoms. The number of aryl methyl sites for hydroxylation is 2. The molecule has 92 valence electrons. The topological polar surface area (TPSA) is 14.2 Å². The van der Waals surface area contributed by atoms with Crippen molar-refractivity contribution in [1.82, 2.24) is 4.57 Å². The van der Waals surface area contributed by atoms with Crippen LogP contribution in [0.5, 0.6) is 0 Å². The molecule has 0 saturated carbocycles. The Morgan fingerprint density at radius 3 is 2.76 bits per heavy atom. The van der Waals surface area contributed by atoms with Gasteiger partial charge in [-0.25, -0.2) is 0 Å². The van der Waals surface area contributed by atoms with Crippen LogP contribution in [0.1, 0.15) is 31.4 Å². The summed E-state index contributed by atoms with van der Waals surface area (Å²) >= 11 is 0. The first-order valence-corrected chi connectivity index (χ1v) is 6.43. The molecule has 2 heteroatoms. The molecule has 2 nitrogen and oxygen atoms in total. The SMILES string of the molecule is CCCOCn1cc(CC)c2cccc(C)c21. The lowest BCUT2D eigenvalue weighted by atomic mass is 10.1. The van der Waals surface area contributed by atoms with Crippen molar-refractivity contribution in [1.29, 1.82) is 0 Å². The van der Waals surface area contributed by atoms with Gasteiger partial charge in [0.15, 0.2) is 0 Å². The van der Waals surface area contributed by atoms with Crippen molar-refractivity contribution in [3.8, 4) is 0 Å². The third kappa shape index (κ3) is 2.37. The van der Waals surface area contributed by atoms with Gasteiger partial charge in [-0.3, -0.25) is 0 Å². The van der Waals surface area contributed by atoms with Crippen LogP contribution in [0.2, 0.25) is 0 Å². The van der Waals surface area contributed by atoms with Gasteiger partial charge >= 0.3 is 0 Å². The van der Waals surface area contributed by atoms with Crippen LogP contribution < -0.4 is 0 Å². The normalized spacial score (nSPS) is 11.2. The quantitative estimate of drug-likeness (QED) is 0.712. The highest BCUT2D eigenvalue weighted by atomic mass is 16.5. The van der Waals surface area contributed by atoms with Gasteiger partial charge in [-0.05, 0) is 30.9 Å². The van der Waals surface area contributed by atoms with Crippen molar-refractivity contribution in [3.05, 3.63) is 35.5 Å². The molecule has 2 aromatic rings. The number of nitrogens with zero attached hydrogens (tertiary/aromatic N) is 1. The first-order valence-electron chi connectivity index (χ1n) is 6.43. The summed E-state index contributed by atoms with van der Waals surface area (Å²) in [6.07, 6.45) is 4.37. The highest BCUT2D eigenvalue weighted by Gasteiger charge is 2.08. The Hall–Kier alpha value is -1.28. The van der Waals surface area contributed by atoms with Gasteiger partial charge < -0.3 is 9.30 Å². The lowest BCUT2D eigenvalue weighted by Crippen LogP contribution is -2.02. The number of ether oxygens (including phenoxy) is 1. The second kappa shape index (κ2) is 5.37. The molecule has 1 heterocycles. The molecule has 0 fully saturated rings. The van der Waals surface area contributed by atoms with Crippen molar-refractivity contribution < 1.29 is 4.74 Å². The third-order valence-corrected chi connectivity index (χ3v) is 3.14. The van der Waals surface area contributed by atoms with E-state index in [0.717, 1.165) is 19.4 Å². The first kappa shape index (κ1) is 12.2. The largest absolute Gasteiger partial charge is 0.361 e. The maximum atomic E-state index is 5.65. The van der Waals surface area contributed by atoms with Crippen LogP contribution in [0.4, 0.5) is 0 Å². The molecule has 1 aromatic carbocycles. The minimum Gasteiger partial charge on any atom is -0.361 e.